The van der Waals surface area contributed by atoms with E-state index in [0.717, 1.165) is 18.7 Å². The number of nitrogens with one attached hydrogen (secondary N) is 1. The number of thioether (sulfide) groups is 1. The zero-order chi connectivity index (χ0) is 13.1. The monoisotopic (exact) mass is 273 g/mol. The zero-order valence-electron chi connectivity index (χ0n) is 11.2. The molecule has 19 heavy (non-hydrogen) atoms. The molecule has 0 amide bonds. The van der Waals surface area contributed by atoms with Crippen molar-refractivity contribution < 1.29 is 0 Å². The molecule has 1 aliphatic rings. The fourth-order valence-corrected chi connectivity index (χ4v) is 3.68. The smallest absolute Gasteiger partial charge is 0.0522 e. The first-order valence-corrected chi connectivity index (χ1v) is 7.85. The molecule has 1 unspecified atom stereocenters. The van der Waals surface area contributed by atoms with Crippen molar-refractivity contribution in [1.29, 1.82) is 0 Å². The lowest BCUT2D eigenvalue weighted by atomic mass is 10.0. The third kappa shape index (κ3) is 3.01. The minimum atomic E-state index is 0.492. The second-order valence-electron chi connectivity index (χ2n) is 4.99. The van der Waals surface area contributed by atoms with E-state index >= 15 is 0 Å². The van der Waals surface area contributed by atoms with E-state index in [-0.39, 0.29) is 0 Å². The van der Waals surface area contributed by atoms with Crippen LogP contribution in [0.2, 0.25) is 0 Å². The minimum Gasteiger partial charge on any atom is -0.309 e. The Kier molecular flexibility index (Phi) is 3.89. The Labute approximate surface area is 118 Å². The first-order chi connectivity index (χ1) is 9.33. The summed E-state index contributed by atoms with van der Waals surface area (Å²) in [6, 6.07) is 9.28. The molecule has 0 bridgehead atoms. The molecule has 0 fully saturated rings. The standard InChI is InChI=1S/C15H19N3S/c1-18-9-12(8-17-18)6-7-16-15-11-19-10-13-4-2-3-5-14(13)15/h2-5,8-9,15-16H,6-7,10-11H2,1H3. The second-order valence-corrected chi connectivity index (χ2v) is 6.02. The van der Waals surface area contributed by atoms with Crippen LogP contribution in [-0.4, -0.2) is 22.1 Å². The number of hydrogen-bond acceptors (Lipinski definition) is 3. The van der Waals surface area contributed by atoms with Crippen LogP contribution in [-0.2, 0) is 19.2 Å². The summed E-state index contributed by atoms with van der Waals surface area (Å²) in [5.41, 5.74) is 4.26. The van der Waals surface area contributed by atoms with Gasteiger partial charge in [0.25, 0.3) is 0 Å². The zero-order valence-corrected chi connectivity index (χ0v) is 12.0. The van der Waals surface area contributed by atoms with Crippen LogP contribution in [0.25, 0.3) is 0 Å². The topological polar surface area (TPSA) is 29.9 Å². The molecule has 3 rings (SSSR count). The maximum Gasteiger partial charge on any atom is 0.0522 e. The van der Waals surface area contributed by atoms with Gasteiger partial charge in [-0.1, -0.05) is 24.3 Å². The Bertz CT molecular complexity index is 550. The van der Waals surface area contributed by atoms with Gasteiger partial charge in [-0.3, -0.25) is 4.68 Å². The van der Waals surface area contributed by atoms with Crippen molar-refractivity contribution >= 4 is 11.8 Å². The van der Waals surface area contributed by atoms with Gasteiger partial charge in [-0.15, -0.1) is 0 Å². The number of hydrogen-bond donors (Lipinski definition) is 1. The van der Waals surface area contributed by atoms with Crippen molar-refractivity contribution in [3.63, 3.8) is 0 Å². The Hall–Kier alpha value is -1.26. The largest absolute Gasteiger partial charge is 0.309 e. The van der Waals surface area contributed by atoms with Crippen LogP contribution in [0.5, 0.6) is 0 Å². The van der Waals surface area contributed by atoms with E-state index in [2.05, 4.69) is 40.9 Å². The highest BCUT2D eigenvalue weighted by Gasteiger charge is 2.19. The lowest BCUT2D eigenvalue weighted by Crippen LogP contribution is -2.28. The van der Waals surface area contributed by atoms with E-state index < -0.39 is 0 Å². The number of rotatable bonds is 4. The van der Waals surface area contributed by atoms with Crippen LogP contribution in [0.4, 0.5) is 0 Å². The number of fused-ring (bicyclic) bond motifs is 1. The lowest BCUT2D eigenvalue weighted by molar-refractivity contribution is 0.577. The first kappa shape index (κ1) is 12.8. The van der Waals surface area contributed by atoms with Gasteiger partial charge in [0.15, 0.2) is 0 Å². The van der Waals surface area contributed by atoms with Gasteiger partial charge in [-0.2, -0.15) is 16.9 Å². The summed E-state index contributed by atoms with van der Waals surface area (Å²) in [5.74, 6) is 2.32. The van der Waals surface area contributed by atoms with Gasteiger partial charge in [0, 0.05) is 30.8 Å². The summed E-state index contributed by atoms with van der Waals surface area (Å²) in [4.78, 5) is 0. The lowest BCUT2D eigenvalue weighted by Gasteiger charge is -2.26. The average Bonchev–Trinajstić information content (AvgIpc) is 2.85. The summed E-state index contributed by atoms with van der Waals surface area (Å²) >= 11 is 2.02. The third-order valence-electron chi connectivity index (χ3n) is 3.54. The van der Waals surface area contributed by atoms with E-state index in [1.54, 1.807) is 0 Å². The predicted molar refractivity (Wildman–Crippen MR) is 80.3 cm³/mol. The molecule has 4 heteroatoms. The normalized spacial score (nSPS) is 18.3. The highest BCUT2D eigenvalue weighted by molar-refractivity contribution is 7.98. The van der Waals surface area contributed by atoms with E-state index in [9.17, 15) is 0 Å². The molecule has 3 nitrogen and oxygen atoms in total. The number of aryl methyl sites for hydroxylation is 1. The van der Waals surface area contributed by atoms with Crippen LogP contribution >= 0.6 is 11.8 Å². The Balaban J connectivity index is 1.59. The molecule has 1 aromatic heterocycles. The maximum absolute atomic E-state index is 4.20. The summed E-state index contributed by atoms with van der Waals surface area (Å²) < 4.78 is 1.86. The highest BCUT2D eigenvalue weighted by Crippen LogP contribution is 2.31. The van der Waals surface area contributed by atoms with Crippen LogP contribution in [0.3, 0.4) is 0 Å². The third-order valence-corrected chi connectivity index (χ3v) is 4.62. The molecule has 0 saturated carbocycles. The number of benzene rings is 1. The molecule has 0 saturated heterocycles. The van der Waals surface area contributed by atoms with Crippen molar-refractivity contribution in [2.24, 2.45) is 7.05 Å². The van der Waals surface area contributed by atoms with Gasteiger partial charge in [-0.05, 0) is 29.7 Å². The molecule has 1 aromatic carbocycles. The van der Waals surface area contributed by atoms with Crippen LogP contribution in [0, 0.1) is 0 Å². The number of nitrogens with zero attached hydrogens (tertiary/aromatic N) is 2. The number of aromatic nitrogens is 2. The maximum atomic E-state index is 4.20. The molecule has 2 heterocycles. The summed E-state index contributed by atoms with van der Waals surface area (Å²) in [6.45, 7) is 1.01. The van der Waals surface area contributed by atoms with Crippen molar-refractivity contribution in [1.82, 2.24) is 15.1 Å². The van der Waals surface area contributed by atoms with Crippen LogP contribution in [0.1, 0.15) is 22.7 Å². The fraction of sp³-hybridized carbons (Fsp3) is 0.400. The Morgan fingerprint density at radius 1 is 1.42 bits per heavy atom. The van der Waals surface area contributed by atoms with Gasteiger partial charge in [-0.25, -0.2) is 0 Å². The molecule has 0 aliphatic carbocycles. The Morgan fingerprint density at radius 3 is 3.16 bits per heavy atom. The van der Waals surface area contributed by atoms with Crippen molar-refractivity contribution in [3.05, 3.63) is 53.3 Å². The van der Waals surface area contributed by atoms with Crippen LogP contribution < -0.4 is 5.32 Å². The molecular formula is C15H19N3S. The van der Waals surface area contributed by atoms with Gasteiger partial charge in [0.1, 0.15) is 0 Å². The summed E-state index contributed by atoms with van der Waals surface area (Å²) in [6.07, 6.45) is 5.08. The molecule has 100 valence electrons. The van der Waals surface area contributed by atoms with Crippen LogP contribution in [0.15, 0.2) is 36.7 Å². The molecule has 0 spiro atoms. The fourth-order valence-electron chi connectivity index (χ4n) is 2.54. The summed E-state index contributed by atoms with van der Waals surface area (Å²) in [7, 11) is 1.96. The SMILES string of the molecule is Cn1cc(CCNC2CSCc3ccccc32)cn1. The molecule has 0 radical (unpaired) electrons. The van der Waals surface area contributed by atoms with Gasteiger partial charge in [0.2, 0.25) is 0 Å². The highest BCUT2D eigenvalue weighted by atomic mass is 32.2. The van der Waals surface area contributed by atoms with Crippen molar-refractivity contribution in [2.45, 2.75) is 18.2 Å². The van der Waals surface area contributed by atoms with Gasteiger partial charge < -0.3 is 5.32 Å². The molecule has 1 aliphatic heterocycles. The first-order valence-electron chi connectivity index (χ1n) is 6.69. The van der Waals surface area contributed by atoms with E-state index in [4.69, 9.17) is 0 Å². The van der Waals surface area contributed by atoms with E-state index in [1.165, 1.54) is 22.4 Å². The second kappa shape index (κ2) is 5.80. The van der Waals surface area contributed by atoms with Crippen molar-refractivity contribution in [3.8, 4) is 0 Å². The van der Waals surface area contributed by atoms with Gasteiger partial charge in [0.05, 0.1) is 6.20 Å². The van der Waals surface area contributed by atoms with Crippen molar-refractivity contribution in [2.75, 3.05) is 12.3 Å². The van der Waals surface area contributed by atoms with Gasteiger partial charge >= 0.3 is 0 Å². The molecule has 2 aromatic rings. The minimum absolute atomic E-state index is 0.492. The predicted octanol–water partition coefficient (Wildman–Crippen LogP) is 2.54. The average molecular weight is 273 g/mol. The molecule has 1 N–H and O–H groups in total. The van der Waals surface area contributed by atoms with E-state index in [1.807, 2.05) is 29.7 Å². The molecular weight excluding hydrogens is 254 g/mol. The molecule has 1 atom stereocenters. The summed E-state index contributed by atoms with van der Waals surface area (Å²) in [5, 5.41) is 7.88. The quantitative estimate of drug-likeness (QED) is 0.928. The Morgan fingerprint density at radius 2 is 2.32 bits per heavy atom. The van der Waals surface area contributed by atoms with E-state index in [0.29, 0.717) is 6.04 Å².